The average molecular weight is 282 g/mol. The molecule has 1 aliphatic rings. The lowest BCUT2D eigenvalue weighted by Crippen LogP contribution is -2.29. The minimum atomic E-state index is -3.44. The molecule has 0 aliphatic heterocycles. The number of sulfonamides is 1. The Morgan fingerprint density at radius 2 is 1.95 bits per heavy atom. The Morgan fingerprint density at radius 3 is 2.53 bits per heavy atom. The van der Waals surface area contributed by atoms with Crippen LogP contribution in [0.15, 0.2) is 29.2 Å². The van der Waals surface area contributed by atoms with Crippen LogP contribution in [0.4, 0.5) is 5.69 Å². The van der Waals surface area contributed by atoms with E-state index in [9.17, 15) is 8.42 Å². The SMILES string of the molecule is CCCNc1ccccc1S(=O)(=O)NC1CC1(C)C. The summed E-state index contributed by atoms with van der Waals surface area (Å²) >= 11 is 0. The van der Waals surface area contributed by atoms with Gasteiger partial charge in [0.15, 0.2) is 0 Å². The van der Waals surface area contributed by atoms with Gasteiger partial charge in [-0.25, -0.2) is 13.1 Å². The zero-order chi connectivity index (χ0) is 14.1. The van der Waals surface area contributed by atoms with Gasteiger partial charge in [0.2, 0.25) is 10.0 Å². The van der Waals surface area contributed by atoms with Crippen molar-refractivity contribution in [3.05, 3.63) is 24.3 Å². The summed E-state index contributed by atoms with van der Waals surface area (Å²) in [6.07, 6.45) is 1.86. The highest BCUT2D eigenvalue weighted by Gasteiger charge is 2.48. The highest BCUT2D eigenvalue weighted by Crippen LogP contribution is 2.45. The first-order chi connectivity index (χ1) is 8.87. The molecule has 0 aromatic heterocycles. The van der Waals surface area contributed by atoms with E-state index in [0.29, 0.717) is 10.6 Å². The predicted molar refractivity (Wildman–Crippen MR) is 77.7 cm³/mol. The van der Waals surface area contributed by atoms with Gasteiger partial charge in [0.25, 0.3) is 0 Å². The molecule has 1 aromatic carbocycles. The molecular weight excluding hydrogens is 260 g/mol. The van der Waals surface area contributed by atoms with Gasteiger partial charge >= 0.3 is 0 Å². The highest BCUT2D eigenvalue weighted by atomic mass is 32.2. The van der Waals surface area contributed by atoms with E-state index >= 15 is 0 Å². The molecule has 0 radical (unpaired) electrons. The Kier molecular flexibility index (Phi) is 3.87. The van der Waals surface area contributed by atoms with Crippen molar-refractivity contribution in [2.75, 3.05) is 11.9 Å². The number of hydrogen-bond donors (Lipinski definition) is 2. The molecular formula is C14H22N2O2S. The van der Waals surface area contributed by atoms with E-state index in [1.54, 1.807) is 12.1 Å². The van der Waals surface area contributed by atoms with Gasteiger partial charge in [-0.1, -0.05) is 32.9 Å². The molecule has 106 valence electrons. The second kappa shape index (κ2) is 5.13. The lowest BCUT2D eigenvalue weighted by Gasteiger charge is -2.13. The highest BCUT2D eigenvalue weighted by molar-refractivity contribution is 7.89. The molecule has 0 saturated heterocycles. The lowest BCUT2D eigenvalue weighted by molar-refractivity contribution is 0.555. The van der Waals surface area contributed by atoms with Crippen LogP contribution in [0.3, 0.4) is 0 Å². The molecule has 0 bridgehead atoms. The van der Waals surface area contributed by atoms with Crippen molar-refractivity contribution in [3.63, 3.8) is 0 Å². The molecule has 1 saturated carbocycles. The Bertz CT molecular complexity index is 552. The molecule has 1 aromatic rings. The fraction of sp³-hybridized carbons (Fsp3) is 0.571. The molecule has 0 amide bonds. The summed E-state index contributed by atoms with van der Waals surface area (Å²) in [5.41, 5.74) is 0.758. The Hall–Kier alpha value is -1.07. The van der Waals surface area contributed by atoms with E-state index in [2.05, 4.69) is 30.8 Å². The number of rotatable bonds is 6. The third-order valence-corrected chi connectivity index (χ3v) is 5.08. The van der Waals surface area contributed by atoms with Crippen LogP contribution in [0.1, 0.15) is 33.6 Å². The monoisotopic (exact) mass is 282 g/mol. The van der Waals surface area contributed by atoms with Crippen LogP contribution in [0.25, 0.3) is 0 Å². The van der Waals surface area contributed by atoms with Crippen LogP contribution in [-0.4, -0.2) is 21.0 Å². The van der Waals surface area contributed by atoms with Crippen LogP contribution < -0.4 is 10.0 Å². The summed E-state index contributed by atoms with van der Waals surface area (Å²) in [6, 6.07) is 7.11. The zero-order valence-corrected chi connectivity index (χ0v) is 12.5. The second-order valence-corrected chi connectivity index (χ2v) is 7.47. The first kappa shape index (κ1) is 14.3. The Labute approximate surface area is 115 Å². The van der Waals surface area contributed by atoms with E-state index in [-0.39, 0.29) is 11.5 Å². The van der Waals surface area contributed by atoms with Crippen molar-refractivity contribution >= 4 is 15.7 Å². The molecule has 5 heteroatoms. The minimum absolute atomic E-state index is 0.0525. The molecule has 4 nitrogen and oxygen atoms in total. The Balaban J connectivity index is 2.20. The van der Waals surface area contributed by atoms with Gasteiger partial charge < -0.3 is 5.32 Å². The molecule has 0 heterocycles. The fourth-order valence-corrected chi connectivity index (χ4v) is 3.62. The van der Waals surface area contributed by atoms with E-state index in [4.69, 9.17) is 0 Å². The molecule has 19 heavy (non-hydrogen) atoms. The average Bonchev–Trinajstić information content (AvgIpc) is 2.93. The largest absolute Gasteiger partial charge is 0.384 e. The predicted octanol–water partition coefficient (Wildman–Crippen LogP) is 2.59. The van der Waals surface area contributed by atoms with Crippen molar-refractivity contribution in [1.29, 1.82) is 0 Å². The van der Waals surface area contributed by atoms with E-state index in [1.165, 1.54) is 0 Å². The molecule has 1 fully saturated rings. The summed E-state index contributed by atoms with van der Waals surface area (Å²) in [7, 11) is -3.44. The second-order valence-electron chi connectivity index (χ2n) is 5.79. The van der Waals surface area contributed by atoms with Crippen LogP contribution in [0, 0.1) is 5.41 Å². The van der Waals surface area contributed by atoms with Crippen LogP contribution in [-0.2, 0) is 10.0 Å². The van der Waals surface area contributed by atoms with Crippen LogP contribution >= 0.6 is 0 Å². The minimum Gasteiger partial charge on any atom is -0.384 e. The van der Waals surface area contributed by atoms with Crippen molar-refractivity contribution in [2.24, 2.45) is 5.41 Å². The van der Waals surface area contributed by atoms with Gasteiger partial charge in [-0.2, -0.15) is 0 Å². The third kappa shape index (κ3) is 3.28. The number of para-hydroxylation sites is 1. The number of anilines is 1. The summed E-state index contributed by atoms with van der Waals surface area (Å²) in [4.78, 5) is 0.339. The van der Waals surface area contributed by atoms with E-state index in [0.717, 1.165) is 19.4 Å². The molecule has 1 aliphatic carbocycles. The maximum absolute atomic E-state index is 12.4. The van der Waals surface area contributed by atoms with Crippen molar-refractivity contribution in [1.82, 2.24) is 4.72 Å². The van der Waals surface area contributed by atoms with E-state index in [1.807, 2.05) is 12.1 Å². The molecule has 2 rings (SSSR count). The standard InChI is InChI=1S/C14H22N2O2S/c1-4-9-15-11-7-5-6-8-12(11)19(17,18)16-13-10-14(13,2)3/h5-8,13,15-16H,4,9-10H2,1-3H3. The number of hydrogen-bond acceptors (Lipinski definition) is 3. The van der Waals surface area contributed by atoms with Crippen molar-refractivity contribution in [3.8, 4) is 0 Å². The molecule has 1 unspecified atom stereocenters. The van der Waals surface area contributed by atoms with Gasteiger partial charge in [-0.3, -0.25) is 0 Å². The Morgan fingerprint density at radius 1 is 1.32 bits per heavy atom. The molecule has 1 atom stereocenters. The smallest absolute Gasteiger partial charge is 0.242 e. The van der Waals surface area contributed by atoms with Gasteiger partial charge in [-0.15, -0.1) is 0 Å². The van der Waals surface area contributed by atoms with Crippen LogP contribution in [0.2, 0.25) is 0 Å². The number of benzene rings is 1. The maximum atomic E-state index is 12.4. The quantitative estimate of drug-likeness (QED) is 0.843. The summed E-state index contributed by atoms with van der Waals surface area (Å²) < 4.78 is 27.6. The summed E-state index contributed by atoms with van der Waals surface area (Å²) in [6.45, 7) is 6.96. The van der Waals surface area contributed by atoms with Gasteiger partial charge in [0, 0.05) is 12.6 Å². The lowest BCUT2D eigenvalue weighted by atomic mass is 10.2. The maximum Gasteiger partial charge on any atom is 0.242 e. The first-order valence-corrected chi connectivity index (χ1v) is 8.20. The van der Waals surface area contributed by atoms with E-state index < -0.39 is 10.0 Å². The van der Waals surface area contributed by atoms with Crippen molar-refractivity contribution < 1.29 is 8.42 Å². The van der Waals surface area contributed by atoms with Gasteiger partial charge in [0.05, 0.1) is 5.69 Å². The molecule has 2 N–H and O–H groups in total. The van der Waals surface area contributed by atoms with Gasteiger partial charge in [-0.05, 0) is 30.4 Å². The summed E-state index contributed by atoms with van der Waals surface area (Å²) in [5, 5.41) is 3.16. The summed E-state index contributed by atoms with van der Waals surface area (Å²) in [5.74, 6) is 0. The van der Waals surface area contributed by atoms with Crippen molar-refractivity contribution in [2.45, 2.75) is 44.6 Å². The zero-order valence-electron chi connectivity index (χ0n) is 11.7. The van der Waals surface area contributed by atoms with Gasteiger partial charge in [0.1, 0.15) is 4.90 Å². The normalized spacial score (nSPS) is 21.1. The first-order valence-electron chi connectivity index (χ1n) is 6.72. The fourth-order valence-electron chi connectivity index (χ4n) is 2.03. The third-order valence-electron chi connectivity index (χ3n) is 3.55. The van der Waals surface area contributed by atoms with Crippen LogP contribution in [0.5, 0.6) is 0 Å². The number of nitrogens with one attached hydrogen (secondary N) is 2. The molecule has 0 spiro atoms. The topological polar surface area (TPSA) is 58.2 Å².